The van der Waals surface area contributed by atoms with Crippen molar-refractivity contribution in [1.82, 2.24) is 10.2 Å². The maximum Gasteiger partial charge on any atom is 0.495 e. The molecule has 1 atom stereocenters. The van der Waals surface area contributed by atoms with Crippen LogP contribution in [0.25, 0.3) is 10.8 Å². The fraction of sp³-hybridized carbons (Fsp3) is 0.556. The number of fused-ring (bicyclic) bond motifs is 1. The average molecular weight is 480 g/mol. The third-order valence-electron chi connectivity index (χ3n) is 7.10. The number of carbonyl (C=O) groups excluding carboxylic acids is 2. The molecule has 2 aliphatic rings. The predicted octanol–water partition coefficient (Wildman–Crippen LogP) is 4.27. The summed E-state index contributed by atoms with van der Waals surface area (Å²) in [7, 11) is -0.466. The zero-order valence-corrected chi connectivity index (χ0v) is 21.9. The van der Waals surface area contributed by atoms with Crippen molar-refractivity contribution in [2.45, 2.75) is 84.2 Å². The fourth-order valence-corrected chi connectivity index (χ4v) is 4.55. The number of nitrogens with one attached hydrogen (secondary N) is 1. The van der Waals surface area contributed by atoms with Crippen molar-refractivity contribution in [1.29, 1.82) is 0 Å². The van der Waals surface area contributed by atoms with Crippen molar-refractivity contribution >= 4 is 35.4 Å². The van der Waals surface area contributed by atoms with Crippen LogP contribution in [-0.2, 0) is 14.0 Å². The number of rotatable bonds is 3. The second-order valence-corrected chi connectivity index (χ2v) is 11.6. The monoisotopic (exact) mass is 480 g/mol. The number of benzene rings is 2. The van der Waals surface area contributed by atoms with Gasteiger partial charge in [0, 0.05) is 24.7 Å². The number of alkyl carbamates (subject to hydrolysis) is 1. The van der Waals surface area contributed by atoms with Crippen molar-refractivity contribution < 1.29 is 23.6 Å². The quantitative estimate of drug-likeness (QED) is 0.665. The highest BCUT2D eigenvalue weighted by molar-refractivity contribution is 6.65. The molecular formula is C27H37BN2O5. The van der Waals surface area contributed by atoms with Crippen LogP contribution in [0.4, 0.5) is 4.79 Å². The van der Waals surface area contributed by atoms with Gasteiger partial charge >= 0.3 is 13.2 Å². The molecule has 2 aromatic carbocycles. The highest BCUT2D eigenvalue weighted by Gasteiger charge is 2.52. The standard InChI is InChI=1S/C27H37BN2O5/c1-25(2,3)33-24(32)29-20-11-9-15-30(17-20)23(31)19-13-14-21-18(16-19)10-8-12-22(21)28-34-26(4,5)27(6,7)35-28/h8,10,12-14,16,20H,9,11,15,17H2,1-7H3,(H,29,32). The summed E-state index contributed by atoms with van der Waals surface area (Å²) in [5.74, 6) is -0.0383. The minimum Gasteiger partial charge on any atom is -0.444 e. The molecule has 2 aromatic rings. The minimum atomic E-state index is -0.557. The lowest BCUT2D eigenvalue weighted by Crippen LogP contribution is -2.50. The number of likely N-dealkylation sites (tertiary alicyclic amines) is 1. The largest absolute Gasteiger partial charge is 0.495 e. The molecule has 2 aliphatic heterocycles. The highest BCUT2D eigenvalue weighted by atomic mass is 16.7. The fourth-order valence-electron chi connectivity index (χ4n) is 4.55. The summed E-state index contributed by atoms with van der Waals surface area (Å²) in [5.41, 5.74) is 0.182. The van der Waals surface area contributed by atoms with Crippen molar-refractivity contribution in [3.05, 3.63) is 42.0 Å². The molecule has 0 radical (unpaired) electrons. The predicted molar refractivity (Wildman–Crippen MR) is 138 cm³/mol. The van der Waals surface area contributed by atoms with E-state index >= 15 is 0 Å². The molecular weight excluding hydrogens is 443 g/mol. The lowest BCUT2D eigenvalue weighted by Gasteiger charge is -2.33. The molecule has 0 bridgehead atoms. The first kappa shape index (κ1) is 25.5. The molecule has 0 saturated carbocycles. The van der Waals surface area contributed by atoms with Gasteiger partial charge in [-0.3, -0.25) is 4.79 Å². The molecule has 2 fully saturated rings. The first-order valence-corrected chi connectivity index (χ1v) is 12.4. The Kier molecular flexibility index (Phi) is 6.66. The molecule has 1 N–H and O–H groups in total. The SMILES string of the molecule is CC(C)(C)OC(=O)NC1CCCN(C(=O)c2ccc3c(B4OC(C)(C)C(C)(C)O4)cccc3c2)C1. The van der Waals surface area contributed by atoms with E-state index in [4.69, 9.17) is 14.0 Å². The molecule has 1 unspecified atom stereocenters. The van der Waals surface area contributed by atoms with Crippen LogP contribution in [0.5, 0.6) is 0 Å². The Balaban J connectivity index is 1.50. The first-order chi connectivity index (χ1) is 16.3. The number of hydrogen-bond donors (Lipinski definition) is 1. The van der Waals surface area contributed by atoms with Gasteiger partial charge in [0.1, 0.15) is 5.60 Å². The van der Waals surface area contributed by atoms with E-state index in [-0.39, 0.29) is 11.9 Å². The highest BCUT2D eigenvalue weighted by Crippen LogP contribution is 2.37. The maximum atomic E-state index is 13.3. The van der Waals surface area contributed by atoms with E-state index in [1.807, 2.05) is 89.8 Å². The summed E-state index contributed by atoms with van der Waals surface area (Å²) in [6, 6.07) is 11.6. The second-order valence-electron chi connectivity index (χ2n) is 11.6. The van der Waals surface area contributed by atoms with Crippen LogP contribution < -0.4 is 10.8 Å². The van der Waals surface area contributed by atoms with Gasteiger partial charge in [-0.05, 0) is 89.7 Å². The molecule has 8 heteroatoms. The normalized spacial score (nSPS) is 21.7. The van der Waals surface area contributed by atoms with Gasteiger partial charge in [0.25, 0.3) is 5.91 Å². The molecule has 0 spiro atoms. The number of hydrogen-bond acceptors (Lipinski definition) is 5. The smallest absolute Gasteiger partial charge is 0.444 e. The Morgan fingerprint density at radius 1 is 1.09 bits per heavy atom. The lowest BCUT2D eigenvalue weighted by molar-refractivity contribution is 0.00578. The van der Waals surface area contributed by atoms with Crippen LogP contribution >= 0.6 is 0 Å². The number of carbonyl (C=O) groups is 2. The Morgan fingerprint density at radius 2 is 1.77 bits per heavy atom. The third-order valence-corrected chi connectivity index (χ3v) is 7.10. The van der Waals surface area contributed by atoms with E-state index in [1.165, 1.54) is 0 Å². The van der Waals surface area contributed by atoms with E-state index in [0.29, 0.717) is 18.7 Å². The van der Waals surface area contributed by atoms with Gasteiger partial charge in [0.15, 0.2) is 0 Å². The number of ether oxygens (including phenoxy) is 1. The topological polar surface area (TPSA) is 77.1 Å². The summed E-state index contributed by atoms with van der Waals surface area (Å²) in [6.45, 7) is 14.8. The molecule has 0 aromatic heterocycles. The average Bonchev–Trinajstić information content (AvgIpc) is 2.98. The summed E-state index contributed by atoms with van der Waals surface area (Å²) >= 11 is 0. The molecule has 188 valence electrons. The summed E-state index contributed by atoms with van der Waals surface area (Å²) in [4.78, 5) is 27.3. The summed E-state index contributed by atoms with van der Waals surface area (Å²) < 4.78 is 17.9. The Hall–Kier alpha value is -2.58. The van der Waals surface area contributed by atoms with Gasteiger partial charge < -0.3 is 24.3 Å². The molecule has 2 saturated heterocycles. The maximum absolute atomic E-state index is 13.3. The van der Waals surface area contributed by atoms with Crippen molar-refractivity contribution in [3.8, 4) is 0 Å². The van der Waals surface area contributed by atoms with Crippen LogP contribution in [-0.4, -0.2) is 60.0 Å². The van der Waals surface area contributed by atoms with Crippen LogP contribution in [0.1, 0.15) is 71.7 Å². The van der Waals surface area contributed by atoms with E-state index in [9.17, 15) is 9.59 Å². The number of amides is 2. The zero-order valence-electron chi connectivity index (χ0n) is 21.9. The first-order valence-electron chi connectivity index (χ1n) is 12.4. The molecule has 35 heavy (non-hydrogen) atoms. The van der Waals surface area contributed by atoms with Crippen molar-refractivity contribution in [2.24, 2.45) is 0 Å². The van der Waals surface area contributed by atoms with Crippen molar-refractivity contribution in [3.63, 3.8) is 0 Å². The zero-order chi connectivity index (χ0) is 25.6. The molecule has 2 heterocycles. The van der Waals surface area contributed by atoms with Crippen LogP contribution in [0.2, 0.25) is 0 Å². The van der Waals surface area contributed by atoms with E-state index in [0.717, 1.165) is 29.1 Å². The molecule has 2 amide bonds. The lowest BCUT2D eigenvalue weighted by atomic mass is 9.76. The number of nitrogens with zero attached hydrogens (tertiary/aromatic N) is 1. The van der Waals surface area contributed by atoms with Crippen LogP contribution in [0.15, 0.2) is 36.4 Å². The molecule has 7 nitrogen and oxygen atoms in total. The summed E-state index contributed by atoms with van der Waals surface area (Å²) in [6.07, 6.45) is 1.20. The van der Waals surface area contributed by atoms with Crippen LogP contribution in [0, 0.1) is 0 Å². The van der Waals surface area contributed by atoms with Gasteiger partial charge in [0.05, 0.1) is 11.2 Å². The van der Waals surface area contributed by atoms with Gasteiger partial charge in [0.2, 0.25) is 0 Å². The van der Waals surface area contributed by atoms with E-state index in [1.54, 1.807) is 0 Å². The Morgan fingerprint density at radius 3 is 2.43 bits per heavy atom. The van der Waals surface area contributed by atoms with Gasteiger partial charge in [-0.2, -0.15) is 0 Å². The van der Waals surface area contributed by atoms with Gasteiger partial charge in [-0.15, -0.1) is 0 Å². The van der Waals surface area contributed by atoms with Crippen molar-refractivity contribution in [2.75, 3.05) is 13.1 Å². The minimum absolute atomic E-state index is 0.0383. The third kappa shape index (κ3) is 5.49. The van der Waals surface area contributed by atoms with Gasteiger partial charge in [-0.25, -0.2) is 4.79 Å². The van der Waals surface area contributed by atoms with Crippen LogP contribution in [0.3, 0.4) is 0 Å². The number of piperidine rings is 1. The summed E-state index contributed by atoms with van der Waals surface area (Å²) in [5, 5.41) is 4.88. The molecule has 0 aliphatic carbocycles. The van der Waals surface area contributed by atoms with E-state index in [2.05, 4.69) is 5.32 Å². The Bertz CT molecular complexity index is 1110. The Labute approximate surface area is 208 Å². The van der Waals surface area contributed by atoms with Gasteiger partial charge in [-0.1, -0.05) is 24.3 Å². The second kappa shape index (κ2) is 9.14. The van der Waals surface area contributed by atoms with E-state index < -0.39 is 30.0 Å². The molecule has 4 rings (SSSR count).